The van der Waals surface area contributed by atoms with Crippen LogP contribution in [0.15, 0.2) is 134 Å². The fraction of sp³-hybridized carbons (Fsp3) is 0.0667. The highest BCUT2D eigenvalue weighted by Gasteiger charge is 2.16. The Morgan fingerprint density at radius 3 is 2.00 bits per heavy atom. The zero-order valence-corrected chi connectivity index (χ0v) is 17.7. The lowest BCUT2D eigenvalue weighted by molar-refractivity contribution is 0.917. The van der Waals surface area contributed by atoms with Crippen LogP contribution >= 0.6 is 0 Å². The Morgan fingerprint density at radius 2 is 1.42 bits per heavy atom. The van der Waals surface area contributed by atoms with E-state index in [4.69, 9.17) is 0 Å². The zero-order valence-electron chi connectivity index (χ0n) is 17.7. The number of hydrogen-bond acceptors (Lipinski definition) is 1. The molecule has 0 amide bonds. The number of allylic oxidation sites excluding steroid dienone is 8. The molecule has 0 atom stereocenters. The second kappa shape index (κ2) is 9.77. The lowest BCUT2D eigenvalue weighted by atomic mass is 10.0. The van der Waals surface area contributed by atoms with E-state index < -0.39 is 0 Å². The molecule has 1 nitrogen and oxygen atoms in total. The van der Waals surface area contributed by atoms with Gasteiger partial charge in [-0.2, -0.15) is 0 Å². The van der Waals surface area contributed by atoms with Crippen LogP contribution in [0.25, 0.3) is 16.7 Å². The first-order valence-corrected chi connectivity index (χ1v) is 10.7. The maximum absolute atomic E-state index is 3.92. The minimum atomic E-state index is 1.02. The van der Waals surface area contributed by atoms with Crippen molar-refractivity contribution in [1.29, 1.82) is 0 Å². The Labute approximate surface area is 185 Å². The van der Waals surface area contributed by atoms with Crippen LogP contribution in [0, 0.1) is 0 Å². The SMILES string of the molecule is C=CC=C(C=C)c1ccc(N(C2=CC=CCC2)c2ccc(-c3ccccc3)cc2)cc1. The van der Waals surface area contributed by atoms with Crippen LogP contribution in [0.4, 0.5) is 11.4 Å². The molecule has 31 heavy (non-hydrogen) atoms. The highest BCUT2D eigenvalue weighted by molar-refractivity contribution is 5.78. The van der Waals surface area contributed by atoms with Crippen molar-refractivity contribution >= 4 is 16.9 Å². The first kappa shape index (κ1) is 20.4. The summed E-state index contributed by atoms with van der Waals surface area (Å²) in [5, 5.41) is 0. The largest absolute Gasteiger partial charge is 0.314 e. The standard InChI is InChI=1S/C30H27N/c1-3-11-24(4-2)26-16-20-29(21-17-26)31(28-14-9-6-10-15-28)30-22-18-27(19-23-30)25-12-7-5-8-13-25/h3-9,11-14,16-23H,1-2,10,15H2. The zero-order chi connectivity index (χ0) is 21.5. The molecule has 0 spiro atoms. The lowest BCUT2D eigenvalue weighted by Gasteiger charge is -2.29. The summed E-state index contributed by atoms with van der Waals surface area (Å²) in [6, 6.07) is 28.0. The summed E-state index contributed by atoms with van der Waals surface area (Å²) in [6.45, 7) is 7.73. The van der Waals surface area contributed by atoms with Crippen molar-refractivity contribution in [2.45, 2.75) is 12.8 Å². The topological polar surface area (TPSA) is 3.24 Å². The Balaban J connectivity index is 1.71. The average Bonchev–Trinajstić information content (AvgIpc) is 2.85. The van der Waals surface area contributed by atoms with Crippen molar-refractivity contribution in [1.82, 2.24) is 0 Å². The number of rotatable bonds is 7. The Kier molecular flexibility index (Phi) is 6.44. The molecule has 0 unspecified atom stereocenters. The van der Waals surface area contributed by atoms with Gasteiger partial charge in [-0.25, -0.2) is 0 Å². The van der Waals surface area contributed by atoms with Gasteiger partial charge in [-0.3, -0.25) is 0 Å². The molecule has 1 aliphatic carbocycles. The van der Waals surface area contributed by atoms with Gasteiger partial charge in [0.15, 0.2) is 0 Å². The van der Waals surface area contributed by atoms with E-state index in [9.17, 15) is 0 Å². The van der Waals surface area contributed by atoms with Gasteiger partial charge in [0.1, 0.15) is 0 Å². The fourth-order valence-electron chi connectivity index (χ4n) is 3.90. The van der Waals surface area contributed by atoms with Crippen molar-refractivity contribution in [3.63, 3.8) is 0 Å². The summed E-state index contributed by atoms with van der Waals surface area (Å²) in [5.41, 5.74) is 8.28. The van der Waals surface area contributed by atoms with Crippen molar-refractivity contribution < 1.29 is 0 Å². The van der Waals surface area contributed by atoms with Crippen molar-refractivity contribution in [2.24, 2.45) is 0 Å². The van der Waals surface area contributed by atoms with E-state index in [0.717, 1.165) is 29.7 Å². The van der Waals surface area contributed by atoms with E-state index in [1.807, 2.05) is 18.2 Å². The summed E-state index contributed by atoms with van der Waals surface area (Å²) >= 11 is 0. The summed E-state index contributed by atoms with van der Waals surface area (Å²) in [5.74, 6) is 0. The minimum absolute atomic E-state index is 1.02. The van der Waals surface area contributed by atoms with Gasteiger partial charge >= 0.3 is 0 Å². The first-order valence-electron chi connectivity index (χ1n) is 10.7. The highest BCUT2D eigenvalue weighted by Crippen LogP contribution is 2.35. The molecule has 1 heteroatoms. The summed E-state index contributed by atoms with van der Waals surface area (Å²) < 4.78 is 0. The highest BCUT2D eigenvalue weighted by atomic mass is 15.1. The Bertz CT molecular complexity index is 1130. The van der Waals surface area contributed by atoms with Crippen molar-refractivity contribution in [2.75, 3.05) is 4.90 Å². The van der Waals surface area contributed by atoms with E-state index in [-0.39, 0.29) is 0 Å². The van der Waals surface area contributed by atoms with E-state index >= 15 is 0 Å². The number of anilines is 2. The molecule has 4 rings (SSSR count). The van der Waals surface area contributed by atoms with Crippen LogP contribution in [0.2, 0.25) is 0 Å². The van der Waals surface area contributed by atoms with Crippen LogP contribution in [0.1, 0.15) is 18.4 Å². The van der Waals surface area contributed by atoms with Gasteiger partial charge in [0.25, 0.3) is 0 Å². The number of nitrogens with zero attached hydrogens (tertiary/aromatic N) is 1. The molecule has 3 aromatic carbocycles. The van der Waals surface area contributed by atoms with E-state index in [1.54, 1.807) is 6.08 Å². The second-order valence-electron chi connectivity index (χ2n) is 7.48. The molecule has 0 bridgehead atoms. The van der Waals surface area contributed by atoms with Crippen molar-refractivity contribution in [3.8, 4) is 11.1 Å². The Hall–Kier alpha value is -3.84. The molecule has 0 radical (unpaired) electrons. The predicted molar refractivity (Wildman–Crippen MR) is 135 cm³/mol. The third-order valence-corrected chi connectivity index (χ3v) is 5.49. The molecule has 0 N–H and O–H groups in total. The fourth-order valence-corrected chi connectivity index (χ4v) is 3.90. The molecule has 0 fully saturated rings. The molecule has 0 saturated carbocycles. The average molecular weight is 402 g/mol. The normalized spacial score (nSPS) is 13.4. The summed E-state index contributed by atoms with van der Waals surface area (Å²) in [4.78, 5) is 2.35. The molecule has 3 aromatic rings. The summed E-state index contributed by atoms with van der Waals surface area (Å²) in [6.07, 6.45) is 14.3. The molecule has 0 saturated heterocycles. The number of benzene rings is 3. The van der Waals surface area contributed by atoms with Crippen LogP contribution in [0.5, 0.6) is 0 Å². The van der Waals surface area contributed by atoms with Crippen LogP contribution < -0.4 is 4.90 Å². The first-order chi connectivity index (χ1) is 15.3. The molecule has 152 valence electrons. The van der Waals surface area contributed by atoms with Gasteiger partial charge in [-0.05, 0) is 65.4 Å². The maximum Gasteiger partial charge on any atom is 0.0458 e. The molecule has 0 aliphatic heterocycles. The molecular weight excluding hydrogens is 374 g/mol. The van der Waals surface area contributed by atoms with Gasteiger partial charge in [0.05, 0.1) is 0 Å². The Morgan fingerprint density at radius 1 is 0.774 bits per heavy atom. The van der Waals surface area contributed by atoms with Crippen molar-refractivity contribution in [3.05, 3.63) is 140 Å². The van der Waals surface area contributed by atoms with Gasteiger partial charge in [-0.1, -0.05) is 98.1 Å². The molecule has 0 aromatic heterocycles. The molecule has 0 heterocycles. The van der Waals surface area contributed by atoms with E-state index in [1.165, 1.54) is 22.5 Å². The minimum Gasteiger partial charge on any atom is -0.314 e. The van der Waals surface area contributed by atoms with Gasteiger partial charge < -0.3 is 4.90 Å². The van der Waals surface area contributed by atoms with Gasteiger partial charge in [0, 0.05) is 17.1 Å². The third kappa shape index (κ3) is 4.67. The maximum atomic E-state index is 3.92. The van der Waals surface area contributed by atoms with Gasteiger partial charge in [0.2, 0.25) is 0 Å². The second-order valence-corrected chi connectivity index (χ2v) is 7.48. The number of hydrogen-bond donors (Lipinski definition) is 0. The van der Waals surface area contributed by atoms with E-state index in [0.29, 0.717) is 0 Å². The molecular formula is C30H27N. The van der Waals surface area contributed by atoms with Crippen LogP contribution in [-0.2, 0) is 0 Å². The summed E-state index contributed by atoms with van der Waals surface area (Å²) in [7, 11) is 0. The quantitative estimate of drug-likeness (QED) is 0.359. The monoisotopic (exact) mass is 401 g/mol. The van der Waals surface area contributed by atoms with Crippen LogP contribution in [-0.4, -0.2) is 0 Å². The molecule has 1 aliphatic rings. The van der Waals surface area contributed by atoms with Crippen LogP contribution in [0.3, 0.4) is 0 Å². The van der Waals surface area contributed by atoms with E-state index in [2.05, 4.69) is 109 Å². The lowest BCUT2D eigenvalue weighted by Crippen LogP contribution is -2.17. The smallest absolute Gasteiger partial charge is 0.0458 e. The van der Waals surface area contributed by atoms with Gasteiger partial charge in [-0.15, -0.1) is 0 Å². The third-order valence-electron chi connectivity index (χ3n) is 5.49. The predicted octanol–water partition coefficient (Wildman–Crippen LogP) is 8.48.